The molecule has 1 unspecified atom stereocenters. The summed E-state index contributed by atoms with van der Waals surface area (Å²) in [6.45, 7) is 10.2. The number of carbonyl (C=O) groups excluding carboxylic acids is 3. The van der Waals surface area contributed by atoms with Crippen molar-refractivity contribution in [1.82, 2.24) is 5.32 Å². The Morgan fingerprint density at radius 2 is 1.64 bits per heavy atom. The standard InChI is InChI=1S/C37H61NO9/c1-5-26(39)22-46-19-18-45-17-16-38-34(42)12-8-27(40)23-47-28-14-15-36(3)25(20-28)7-9-29-31-11-10-30(24(2)6-13-35(43)44)37(31,4)33(41)21-32(29)36/h24-25,28-33,41H,5-23H2,1-4H3,(H,38,42)(H,43,44)/t24-,25-,28+,29+,30-,31?,32+,33+,36+,37-/m1/s1. The fourth-order valence-electron chi connectivity index (χ4n) is 10.2. The molecule has 4 fully saturated rings. The zero-order valence-electron chi connectivity index (χ0n) is 29.3. The van der Waals surface area contributed by atoms with Crippen LogP contribution in [0.3, 0.4) is 0 Å². The summed E-state index contributed by atoms with van der Waals surface area (Å²) in [5, 5.41) is 23.8. The quantitative estimate of drug-likeness (QED) is 0.163. The Balaban J connectivity index is 1.16. The monoisotopic (exact) mass is 663 g/mol. The van der Waals surface area contributed by atoms with Gasteiger partial charge in [0.25, 0.3) is 0 Å². The van der Waals surface area contributed by atoms with Crippen molar-refractivity contribution >= 4 is 23.4 Å². The van der Waals surface area contributed by atoms with Crippen LogP contribution in [0.25, 0.3) is 0 Å². The van der Waals surface area contributed by atoms with Gasteiger partial charge in [-0.1, -0.05) is 27.7 Å². The molecule has 0 aromatic rings. The Morgan fingerprint density at radius 3 is 2.38 bits per heavy atom. The topological polar surface area (TPSA) is 148 Å². The SMILES string of the molecule is CCC(=O)COCCOCCNC(=O)CCC(=O)CO[C@H]1CC[C@@]2(C)[C@H](CC[C@H]3C4CC[C@H]([C@H](C)CCC(=O)O)[C@@]4(C)[C@@H](O)C[C@@H]32)C1. The van der Waals surface area contributed by atoms with Gasteiger partial charge in [0.05, 0.1) is 32.0 Å². The van der Waals surface area contributed by atoms with Gasteiger partial charge >= 0.3 is 5.97 Å². The molecule has 4 aliphatic rings. The van der Waals surface area contributed by atoms with E-state index in [1.807, 2.05) is 0 Å². The molecule has 10 nitrogen and oxygen atoms in total. The van der Waals surface area contributed by atoms with Crippen molar-refractivity contribution < 1.29 is 43.6 Å². The minimum Gasteiger partial charge on any atom is -0.481 e. The van der Waals surface area contributed by atoms with Gasteiger partial charge in [0.1, 0.15) is 13.2 Å². The highest BCUT2D eigenvalue weighted by atomic mass is 16.5. The van der Waals surface area contributed by atoms with Crippen LogP contribution >= 0.6 is 0 Å². The number of hydrogen-bond donors (Lipinski definition) is 3. The first-order valence-electron chi connectivity index (χ1n) is 18.4. The van der Waals surface area contributed by atoms with Crippen LogP contribution in [0.15, 0.2) is 0 Å². The van der Waals surface area contributed by atoms with E-state index in [-0.39, 0.29) is 73.0 Å². The summed E-state index contributed by atoms with van der Waals surface area (Å²) in [6.07, 6.45) is 9.58. The van der Waals surface area contributed by atoms with Crippen molar-refractivity contribution in [3.8, 4) is 0 Å². The van der Waals surface area contributed by atoms with E-state index in [0.717, 1.165) is 44.9 Å². The van der Waals surface area contributed by atoms with Gasteiger partial charge in [0.15, 0.2) is 11.6 Å². The number of ether oxygens (including phenoxy) is 3. The highest BCUT2D eigenvalue weighted by Crippen LogP contribution is 2.68. The normalized spacial score (nSPS) is 35.3. The minimum absolute atomic E-state index is 0.0394. The highest BCUT2D eigenvalue weighted by Gasteiger charge is 2.63. The number of Topliss-reactive ketones (excluding diaryl/α,β-unsaturated/α-hetero) is 2. The van der Waals surface area contributed by atoms with Crippen molar-refractivity contribution in [2.45, 2.75) is 123 Å². The van der Waals surface area contributed by atoms with Crippen LogP contribution in [0.5, 0.6) is 0 Å². The summed E-state index contributed by atoms with van der Waals surface area (Å²) < 4.78 is 16.7. The molecule has 4 saturated carbocycles. The van der Waals surface area contributed by atoms with Crippen molar-refractivity contribution in [3.63, 3.8) is 0 Å². The number of fused-ring (bicyclic) bond motifs is 5. The second-order valence-electron chi connectivity index (χ2n) is 15.5. The third kappa shape index (κ3) is 9.22. The van der Waals surface area contributed by atoms with Crippen LogP contribution in [0.4, 0.5) is 0 Å². The van der Waals surface area contributed by atoms with E-state index in [0.29, 0.717) is 74.7 Å². The lowest BCUT2D eigenvalue weighted by molar-refractivity contribution is -0.178. The van der Waals surface area contributed by atoms with E-state index in [1.165, 1.54) is 6.42 Å². The molecule has 4 aliphatic carbocycles. The molecule has 4 rings (SSSR count). The fraction of sp³-hybridized carbons (Fsp3) is 0.892. The number of carboxylic acids is 1. The first-order valence-corrected chi connectivity index (χ1v) is 18.4. The van der Waals surface area contributed by atoms with Crippen molar-refractivity contribution in [2.24, 2.45) is 46.3 Å². The number of amides is 1. The Hall–Kier alpha value is -1.88. The molecule has 0 aliphatic heterocycles. The van der Waals surface area contributed by atoms with Gasteiger partial charge in [-0.05, 0) is 104 Å². The van der Waals surface area contributed by atoms with Gasteiger partial charge in [-0.25, -0.2) is 0 Å². The van der Waals surface area contributed by atoms with E-state index < -0.39 is 5.97 Å². The molecule has 0 heterocycles. The number of carboxylic acid groups (broad SMARTS) is 1. The van der Waals surface area contributed by atoms with Gasteiger partial charge in [0.2, 0.25) is 5.91 Å². The maximum Gasteiger partial charge on any atom is 0.303 e. The smallest absolute Gasteiger partial charge is 0.303 e. The maximum atomic E-state index is 12.6. The third-order valence-electron chi connectivity index (χ3n) is 13.0. The van der Waals surface area contributed by atoms with Gasteiger partial charge in [-0.2, -0.15) is 0 Å². The molecule has 0 aromatic carbocycles. The van der Waals surface area contributed by atoms with E-state index in [9.17, 15) is 29.4 Å². The average Bonchev–Trinajstić information content (AvgIpc) is 3.41. The zero-order valence-corrected chi connectivity index (χ0v) is 29.3. The molecular weight excluding hydrogens is 602 g/mol. The van der Waals surface area contributed by atoms with Gasteiger partial charge in [-0.15, -0.1) is 0 Å². The molecule has 10 heteroatoms. The molecule has 0 saturated heterocycles. The molecule has 0 radical (unpaired) electrons. The van der Waals surface area contributed by atoms with E-state index in [1.54, 1.807) is 6.92 Å². The molecule has 0 bridgehead atoms. The summed E-state index contributed by atoms with van der Waals surface area (Å²) >= 11 is 0. The van der Waals surface area contributed by atoms with Gasteiger partial charge in [0, 0.05) is 32.2 Å². The fourth-order valence-corrected chi connectivity index (χ4v) is 10.2. The largest absolute Gasteiger partial charge is 0.481 e. The Kier molecular flexibility index (Phi) is 13.9. The lowest BCUT2D eigenvalue weighted by atomic mass is 9.43. The second-order valence-corrected chi connectivity index (χ2v) is 15.5. The molecule has 10 atom stereocenters. The predicted molar refractivity (Wildman–Crippen MR) is 177 cm³/mol. The van der Waals surface area contributed by atoms with Crippen LogP contribution in [0.2, 0.25) is 0 Å². The number of carbonyl (C=O) groups is 4. The molecule has 47 heavy (non-hydrogen) atoms. The average molecular weight is 664 g/mol. The maximum absolute atomic E-state index is 12.6. The Labute approximate surface area is 281 Å². The third-order valence-corrected chi connectivity index (χ3v) is 13.0. The first kappa shape index (κ1) is 37.9. The zero-order chi connectivity index (χ0) is 34.2. The van der Waals surface area contributed by atoms with Gasteiger partial charge in [-0.3, -0.25) is 19.2 Å². The van der Waals surface area contributed by atoms with Crippen LogP contribution in [-0.4, -0.2) is 85.4 Å². The lowest BCUT2D eigenvalue weighted by Gasteiger charge is -2.62. The number of aliphatic carboxylic acids is 1. The highest BCUT2D eigenvalue weighted by molar-refractivity contribution is 5.85. The van der Waals surface area contributed by atoms with Crippen molar-refractivity contribution in [3.05, 3.63) is 0 Å². The van der Waals surface area contributed by atoms with E-state index in [2.05, 4.69) is 26.1 Å². The Morgan fingerprint density at radius 1 is 0.872 bits per heavy atom. The molecule has 1 amide bonds. The first-order chi connectivity index (χ1) is 22.4. The predicted octanol–water partition coefficient (Wildman–Crippen LogP) is 4.98. The number of hydrogen-bond acceptors (Lipinski definition) is 8. The Bertz CT molecular complexity index is 1080. The van der Waals surface area contributed by atoms with Crippen LogP contribution < -0.4 is 5.32 Å². The summed E-state index contributed by atoms with van der Waals surface area (Å²) in [7, 11) is 0. The number of rotatable bonds is 19. The van der Waals surface area contributed by atoms with Crippen LogP contribution in [0, 0.1) is 46.3 Å². The summed E-state index contributed by atoms with van der Waals surface area (Å²) in [6, 6.07) is 0. The summed E-state index contributed by atoms with van der Waals surface area (Å²) in [5.74, 6) is 1.83. The number of aliphatic hydroxyl groups is 1. The minimum atomic E-state index is -0.737. The lowest BCUT2D eigenvalue weighted by Crippen LogP contribution is -2.59. The molecule has 0 aromatic heterocycles. The number of nitrogens with one attached hydrogen (secondary N) is 1. The van der Waals surface area contributed by atoms with Crippen LogP contribution in [0.1, 0.15) is 111 Å². The molecule has 0 spiro atoms. The summed E-state index contributed by atoms with van der Waals surface area (Å²) in [5.41, 5.74) is 0.0191. The van der Waals surface area contributed by atoms with E-state index >= 15 is 0 Å². The molecule has 268 valence electrons. The van der Waals surface area contributed by atoms with Crippen molar-refractivity contribution in [1.29, 1.82) is 0 Å². The van der Waals surface area contributed by atoms with E-state index in [4.69, 9.17) is 14.2 Å². The van der Waals surface area contributed by atoms with Crippen LogP contribution in [-0.2, 0) is 33.4 Å². The number of ketones is 2. The van der Waals surface area contributed by atoms with Crippen molar-refractivity contribution in [2.75, 3.05) is 39.6 Å². The summed E-state index contributed by atoms with van der Waals surface area (Å²) in [4.78, 5) is 47.2. The molecular formula is C37H61NO9. The second kappa shape index (κ2) is 17.2. The molecule has 3 N–H and O–H groups in total. The number of aliphatic hydroxyl groups excluding tert-OH is 1. The van der Waals surface area contributed by atoms with Gasteiger partial charge < -0.3 is 29.7 Å².